The van der Waals surface area contributed by atoms with E-state index in [1.807, 2.05) is 0 Å². The molecule has 3 saturated heterocycles. The number of piperazine rings is 1. The Morgan fingerprint density at radius 2 is 1.76 bits per heavy atom. The van der Waals surface area contributed by atoms with E-state index in [9.17, 15) is 0 Å². The number of hydrogen-bond donors (Lipinski definition) is 2. The number of likely N-dealkylation sites (tertiary alicyclic amines) is 1. The predicted molar refractivity (Wildman–Crippen MR) is 105 cm³/mol. The molecule has 2 spiro atoms. The molecule has 4 heteroatoms. The fourth-order valence-electron chi connectivity index (χ4n) is 5.87. The molecule has 4 rings (SSSR count). The lowest BCUT2D eigenvalue weighted by molar-refractivity contribution is 0.0745. The molecule has 3 heterocycles. The van der Waals surface area contributed by atoms with E-state index in [0.717, 1.165) is 12.5 Å². The fourth-order valence-corrected chi connectivity index (χ4v) is 5.87. The lowest BCUT2D eigenvalue weighted by Gasteiger charge is -2.44. The van der Waals surface area contributed by atoms with Crippen molar-refractivity contribution >= 4 is 0 Å². The number of nitrogens with zero attached hydrogens (tertiary/aromatic N) is 2. The van der Waals surface area contributed by atoms with Gasteiger partial charge in [0.05, 0.1) is 0 Å². The van der Waals surface area contributed by atoms with Gasteiger partial charge in [0.25, 0.3) is 0 Å². The molecule has 3 atom stereocenters. The normalized spacial score (nSPS) is 40.4. The average molecular weight is 349 g/mol. The van der Waals surface area contributed by atoms with E-state index in [0.29, 0.717) is 22.0 Å². The van der Waals surface area contributed by atoms with E-state index < -0.39 is 0 Å². The first kappa shape index (κ1) is 18.2. The molecule has 1 aliphatic carbocycles. The zero-order valence-corrected chi connectivity index (χ0v) is 17.2. The molecular formula is C21H40N4. The van der Waals surface area contributed by atoms with Crippen LogP contribution in [0.2, 0.25) is 0 Å². The first-order valence-electron chi connectivity index (χ1n) is 10.6. The summed E-state index contributed by atoms with van der Waals surface area (Å²) in [5.41, 5.74) is 1.64. The molecule has 144 valence electrons. The van der Waals surface area contributed by atoms with Gasteiger partial charge in [-0.2, -0.15) is 0 Å². The second kappa shape index (κ2) is 5.92. The van der Waals surface area contributed by atoms with E-state index in [2.05, 4.69) is 55.1 Å². The summed E-state index contributed by atoms with van der Waals surface area (Å²) in [6, 6.07) is 0. The van der Waals surface area contributed by atoms with Crippen LogP contribution < -0.4 is 10.6 Å². The van der Waals surface area contributed by atoms with Crippen LogP contribution in [0.15, 0.2) is 0 Å². The zero-order valence-electron chi connectivity index (χ0n) is 17.2. The third kappa shape index (κ3) is 3.40. The standard InChI is InChI=1S/C21H40N4/c1-18(2,3)24-11-9-23-21(16-24)13-17(21)12-19(4,5)25-10-7-20(15-25)6-8-22-14-20/h17,22-23H,6-16H2,1-5H3/t17?,20-,21?/m0/s1. The van der Waals surface area contributed by atoms with Crippen LogP contribution in [-0.2, 0) is 0 Å². The molecule has 2 N–H and O–H groups in total. The van der Waals surface area contributed by atoms with Crippen molar-refractivity contribution in [2.24, 2.45) is 11.3 Å². The topological polar surface area (TPSA) is 30.5 Å². The molecule has 0 aromatic carbocycles. The lowest BCUT2D eigenvalue weighted by atomic mass is 9.86. The minimum atomic E-state index is 0.300. The Hall–Kier alpha value is -0.160. The molecule has 0 radical (unpaired) electrons. The molecule has 4 fully saturated rings. The number of nitrogens with one attached hydrogen (secondary N) is 2. The second-order valence-corrected chi connectivity index (χ2v) is 11.2. The van der Waals surface area contributed by atoms with Gasteiger partial charge in [-0.3, -0.25) is 9.80 Å². The van der Waals surface area contributed by atoms with Crippen molar-refractivity contribution in [3.05, 3.63) is 0 Å². The van der Waals surface area contributed by atoms with Gasteiger partial charge in [0.2, 0.25) is 0 Å². The van der Waals surface area contributed by atoms with Gasteiger partial charge in [-0.15, -0.1) is 0 Å². The Labute approximate surface area is 155 Å². The van der Waals surface area contributed by atoms with Crippen molar-refractivity contribution in [3.8, 4) is 0 Å². The van der Waals surface area contributed by atoms with Crippen LogP contribution in [0, 0.1) is 11.3 Å². The molecule has 0 bridgehead atoms. The van der Waals surface area contributed by atoms with Gasteiger partial charge in [-0.25, -0.2) is 0 Å². The molecule has 25 heavy (non-hydrogen) atoms. The molecule has 0 aromatic heterocycles. The Morgan fingerprint density at radius 3 is 2.44 bits per heavy atom. The first-order chi connectivity index (χ1) is 11.6. The van der Waals surface area contributed by atoms with Crippen LogP contribution in [0.1, 0.15) is 60.3 Å². The van der Waals surface area contributed by atoms with Crippen LogP contribution in [0.25, 0.3) is 0 Å². The van der Waals surface area contributed by atoms with Crippen molar-refractivity contribution in [2.75, 3.05) is 45.8 Å². The quantitative estimate of drug-likeness (QED) is 0.819. The summed E-state index contributed by atoms with van der Waals surface area (Å²) < 4.78 is 0. The maximum Gasteiger partial charge on any atom is 0.0342 e. The second-order valence-electron chi connectivity index (χ2n) is 11.2. The van der Waals surface area contributed by atoms with Gasteiger partial charge >= 0.3 is 0 Å². The highest BCUT2D eigenvalue weighted by atomic mass is 15.3. The van der Waals surface area contributed by atoms with Crippen LogP contribution in [0.5, 0.6) is 0 Å². The van der Waals surface area contributed by atoms with E-state index in [1.54, 1.807) is 0 Å². The minimum Gasteiger partial charge on any atom is -0.316 e. The summed E-state index contributed by atoms with van der Waals surface area (Å²) in [6.07, 6.45) is 5.51. The minimum absolute atomic E-state index is 0.300. The number of hydrogen-bond acceptors (Lipinski definition) is 4. The van der Waals surface area contributed by atoms with E-state index >= 15 is 0 Å². The fraction of sp³-hybridized carbons (Fsp3) is 1.00. The van der Waals surface area contributed by atoms with E-state index in [-0.39, 0.29) is 0 Å². The molecule has 4 nitrogen and oxygen atoms in total. The highest BCUT2D eigenvalue weighted by molar-refractivity contribution is 5.16. The number of rotatable bonds is 3. The highest BCUT2D eigenvalue weighted by Gasteiger charge is 2.58. The Bertz CT molecular complexity index is 503. The smallest absolute Gasteiger partial charge is 0.0342 e. The van der Waals surface area contributed by atoms with Crippen LogP contribution in [0.4, 0.5) is 0 Å². The van der Waals surface area contributed by atoms with Gasteiger partial charge in [0.15, 0.2) is 0 Å². The molecule has 3 aliphatic heterocycles. The largest absolute Gasteiger partial charge is 0.316 e. The van der Waals surface area contributed by atoms with Crippen molar-refractivity contribution in [2.45, 2.75) is 76.9 Å². The van der Waals surface area contributed by atoms with Crippen LogP contribution >= 0.6 is 0 Å². The van der Waals surface area contributed by atoms with Gasteiger partial charge in [-0.05, 0) is 84.7 Å². The average Bonchev–Trinajstić information content (AvgIpc) is 2.96. The third-order valence-electron chi connectivity index (χ3n) is 7.88. The molecule has 0 aromatic rings. The van der Waals surface area contributed by atoms with Gasteiger partial charge in [0.1, 0.15) is 0 Å². The zero-order chi connectivity index (χ0) is 17.9. The molecule has 1 saturated carbocycles. The first-order valence-corrected chi connectivity index (χ1v) is 10.6. The summed E-state index contributed by atoms with van der Waals surface area (Å²) in [5.74, 6) is 0.853. The summed E-state index contributed by atoms with van der Waals surface area (Å²) in [6.45, 7) is 20.8. The van der Waals surface area contributed by atoms with Crippen LogP contribution in [0.3, 0.4) is 0 Å². The van der Waals surface area contributed by atoms with Crippen molar-refractivity contribution in [3.63, 3.8) is 0 Å². The van der Waals surface area contributed by atoms with Crippen molar-refractivity contribution < 1.29 is 0 Å². The maximum absolute atomic E-state index is 3.91. The maximum atomic E-state index is 3.91. The molecule has 0 amide bonds. The highest BCUT2D eigenvalue weighted by Crippen LogP contribution is 2.52. The molecular weight excluding hydrogens is 308 g/mol. The summed E-state index contributed by atoms with van der Waals surface area (Å²) in [7, 11) is 0. The van der Waals surface area contributed by atoms with Crippen molar-refractivity contribution in [1.29, 1.82) is 0 Å². The Kier molecular flexibility index (Phi) is 4.31. The predicted octanol–water partition coefficient (Wildman–Crippen LogP) is 2.30. The monoisotopic (exact) mass is 348 g/mol. The summed E-state index contributed by atoms with van der Waals surface area (Å²) >= 11 is 0. The van der Waals surface area contributed by atoms with Crippen molar-refractivity contribution in [1.82, 2.24) is 20.4 Å². The Balaban J connectivity index is 1.36. The Morgan fingerprint density at radius 1 is 0.960 bits per heavy atom. The molecule has 2 unspecified atom stereocenters. The van der Waals surface area contributed by atoms with E-state index in [4.69, 9.17) is 0 Å². The van der Waals surface area contributed by atoms with Crippen LogP contribution in [-0.4, -0.2) is 72.2 Å². The van der Waals surface area contributed by atoms with E-state index in [1.165, 1.54) is 65.0 Å². The van der Waals surface area contributed by atoms with Gasteiger partial charge in [-0.1, -0.05) is 0 Å². The third-order valence-corrected chi connectivity index (χ3v) is 7.88. The van der Waals surface area contributed by atoms with Gasteiger partial charge in [0, 0.05) is 49.3 Å². The molecule has 4 aliphatic rings. The summed E-state index contributed by atoms with van der Waals surface area (Å²) in [5, 5.41) is 7.52. The van der Waals surface area contributed by atoms with Gasteiger partial charge < -0.3 is 10.6 Å². The lowest BCUT2D eigenvalue weighted by Crippen LogP contribution is -2.59. The summed E-state index contributed by atoms with van der Waals surface area (Å²) in [4.78, 5) is 5.52. The SMILES string of the molecule is CC(C)(C)N1CCNC2(CC2CC(C)(C)N2CC[C@]3(CCNC3)C2)C1.